The normalized spacial score (nSPS) is 12.9. The summed E-state index contributed by atoms with van der Waals surface area (Å²) in [4.78, 5) is 19.8. The summed E-state index contributed by atoms with van der Waals surface area (Å²) in [6, 6.07) is 8.14. The number of sulfonamides is 2. The highest BCUT2D eigenvalue weighted by Crippen LogP contribution is 2.18. The Kier molecular flexibility index (Phi) is 7.78. The van der Waals surface area contributed by atoms with Crippen LogP contribution in [0.15, 0.2) is 58.3 Å². The maximum Gasteiger partial charge on any atom is 0.269 e. The number of nitro groups is 2. The van der Waals surface area contributed by atoms with E-state index in [1.807, 2.05) is 0 Å². The number of hydrogen-bond donors (Lipinski definition) is 2. The van der Waals surface area contributed by atoms with E-state index < -0.39 is 35.9 Å². The Morgan fingerprint density at radius 1 is 0.806 bits per heavy atom. The summed E-state index contributed by atoms with van der Waals surface area (Å²) in [5.74, 6) is 0. The van der Waals surface area contributed by atoms with E-state index in [4.69, 9.17) is 0 Å². The van der Waals surface area contributed by atoms with Crippen molar-refractivity contribution in [2.24, 2.45) is 0 Å². The fraction of sp³-hybridized carbons (Fsp3) is 0.294. The van der Waals surface area contributed by atoms with Crippen molar-refractivity contribution in [1.29, 1.82) is 0 Å². The molecule has 168 valence electrons. The van der Waals surface area contributed by atoms with E-state index in [0.29, 0.717) is 6.42 Å². The molecule has 12 nitrogen and oxygen atoms in total. The topological polar surface area (TPSA) is 179 Å². The van der Waals surface area contributed by atoms with Crippen LogP contribution in [0.1, 0.15) is 19.8 Å². The maximum atomic E-state index is 12.5. The number of nitrogens with one attached hydrogen (secondary N) is 2. The standard InChI is InChI=1S/C17H20N4O8S2/c1-2-13(19-31(28,29)17-9-5-15(6-10-17)21(24)25)11-12-18-30(26,27)16-7-3-14(4-8-16)20(22)23/h3-10,13,18-19H,2,11-12H2,1H3/t13-/m0/s1. The van der Waals surface area contributed by atoms with Crippen molar-refractivity contribution < 1.29 is 26.7 Å². The monoisotopic (exact) mass is 472 g/mol. The Morgan fingerprint density at radius 3 is 1.61 bits per heavy atom. The van der Waals surface area contributed by atoms with Crippen LogP contribution in [0.25, 0.3) is 0 Å². The highest BCUT2D eigenvalue weighted by Gasteiger charge is 2.21. The molecule has 0 unspecified atom stereocenters. The molecule has 0 aliphatic carbocycles. The Morgan fingerprint density at radius 2 is 1.23 bits per heavy atom. The smallest absolute Gasteiger partial charge is 0.258 e. The number of non-ortho nitro benzene ring substituents is 2. The third kappa shape index (κ3) is 6.52. The molecular weight excluding hydrogens is 452 g/mol. The van der Waals surface area contributed by atoms with E-state index in [1.165, 1.54) is 0 Å². The van der Waals surface area contributed by atoms with Gasteiger partial charge >= 0.3 is 0 Å². The molecule has 2 aromatic rings. The zero-order valence-corrected chi connectivity index (χ0v) is 17.9. The molecule has 2 rings (SSSR count). The maximum absolute atomic E-state index is 12.5. The highest BCUT2D eigenvalue weighted by molar-refractivity contribution is 7.89. The van der Waals surface area contributed by atoms with Gasteiger partial charge in [-0.05, 0) is 37.1 Å². The lowest BCUT2D eigenvalue weighted by molar-refractivity contribution is -0.385. The molecule has 2 aromatic carbocycles. The van der Waals surface area contributed by atoms with Gasteiger partial charge in [-0.25, -0.2) is 26.3 Å². The van der Waals surface area contributed by atoms with Gasteiger partial charge in [0.1, 0.15) is 0 Å². The molecule has 1 atom stereocenters. The second kappa shape index (κ2) is 9.91. The van der Waals surface area contributed by atoms with Crippen LogP contribution in [0.4, 0.5) is 11.4 Å². The van der Waals surface area contributed by atoms with Crippen molar-refractivity contribution in [3.05, 3.63) is 68.8 Å². The lowest BCUT2D eigenvalue weighted by Crippen LogP contribution is -2.37. The fourth-order valence-electron chi connectivity index (χ4n) is 2.58. The van der Waals surface area contributed by atoms with Crippen molar-refractivity contribution in [2.75, 3.05) is 6.54 Å². The molecular formula is C17H20N4O8S2. The number of hydrogen-bond acceptors (Lipinski definition) is 8. The summed E-state index contributed by atoms with van der Waals surface area (Å²) in [6.45, 7) is 1.63. The molecule has 0 bridgehead atoms. The van der Waals surface area contributed by atoms with Gasteiger partial charge in [-0.1, -0.05) is 6.92 Å². The predicted molar refractivity (Wildman–Crippen MR) is 110 cm³/mol. The van der Waals surface area contributed by atoms with Crippen LogP contribution in [0.3, 0.4) is 0 Å². The number of nitro benzene ring substituents is 2. The van der Waals surface area contributed by atoms with Gasteiger partial charge in [0, 0.05) is 36.9 Å². The highest BCUT2D eigenvalue weighted by atomic mass is 32.2. The van der Waals surface area contributed by atoms with E-state index in [-0.39, 0.29) is 34.1 Å². The minimum absolute atomic E-state index is 0.0827. The lowest BCUT2D eigenvalue weighted by atomic mass is 10.2. The van der Waals surface area contributed by atoms with Crippen molar-refractivity contribution >= 4 is 31.4 Å². The Labute approximate surface area is 178 Å². The lowest BCUT2D eigenvalue weighted by Gasteiger charge is -2.17. The summed E-state index contributed by atoms with van der Waals surface area (Å²) >= 11 is 0. The van der Waals surface area contributed by atoms with Crippen LogP contribution in [0, 0.1) is 20.2 Å². The summed E-state index contributed by atoms with van der Waals surface area (Å²) < 4.78 is 54.3. The van der Waals surface area contributed by atoms with Crippen LogP contribution < -0.4 is 9.44 Å². The summed E-state index contributed by atoms with van der Waals surface area (Å²) in [5.41, 5.74) is -0.489. The molecule has 0 radical (unpaired) electrons. The first-order chi connectivity index (χ1) is 14.5. The van der Waals surface area contributed by atoms with Crippen LogP contribution in [-0.4, -0.2) is 39.3 Å². The van der Waals surface area contributed by atoms with Gasteiger partial charge in [0.15, 0.2) is 0 Å². The minimum Gasteiger partial charge on any atom is -0.258 e. The fourth-order valence-corrected chi connectivity index (χ4v) is 4.98. The second-order valence-electron chi connectivity index (χ2n) is 6.41. The van der Waals surface area contributed by atoms with Crippen molar-refractivity contribution in [1.82, 2.24) is 9.44 Å². The Balaban J connectivity index is 1.99. The largest absolute Gasteiger partial charge is 0.269 e. The molecule has 2 N–H and O–H groups in total. The average molecular weight is 473 g/mol. The van der Waals surface area contributed by atoms with Gasteiger partial charge in [-0.2, -0.15) is 0 Å². The Hall–Kier alpha value is -2.94. The first kappa shape index (κ1) is 24.3. The van der Waals surface area contributed by atoms with Crippen LogP contribution in [-0.2, 0) is 20.0 Å². The third-order valence-corrected chi connectivity index (χ3v) is 7.33. The predicted octanol–water partition coefficient (Wildman–Crippen LogP) is 1.93. The van der Waals surface area contributed by atoms with Gasteiger partial charge in [0.25, 0.3) is 11.4 Å². The summed E-state index contributed by atoms with van der Waals surface area (Å²) in [7, 11) is -7.89. The SMILES string of the molecule is CC[C@@H](CCNS(=O)(=O)c1ccc([N+](=O)[O-])cc1)NS(=O)(=O)c1ccc([N+](=O)[O-])cc1. The quantitative estimate of drug-likeness (QED) is 0.368. The van der Waals surface area contributed by atoms with Crippen molar-refractivity contribution in [3.8, 4) is 0 Å². The molecule has 0 aliphatic heterocycles. The molecule has 0 spiro atoms. The van der Waals surface area contributed by atoms with Gasteiger partial charge < -0.3 is 0 Å². The summed E-state index contributed by atoms with van der Waals surface area (Å²) in [5, 5.41) is 21.3. The van der Waals surface area contributed by atoms with Crippen LogP contribution >= 0.6 is 0 Å². The zero-order chi connectivity index (χ0) is 23.2. The molecule has 0 heterocycles. The van der Waals surface area contributed by atoms with E-state index in [9.17, 15) is 37.1 Å². The Bertz CT molecular complexity index is 1150. The molecule has 0 amide bonds. The van der Waals surface area contributed by atoms with Crippen molar-refractivity contribution in [3.63, 3.8) is 0 Å². The van der Waals surface area contributed by atoms with Gasteiger partial charge in [-0.15, -0.1) is 0 Å². The van der Waals surface area contributed by atoms with Crippen LogP contribution in [0.2, 0.25) is 0 Å². The zero-order valence-electron chi connectivity index (χ0n) is 16.3. The molecule has 14 heteroatoms. The molecule has 31 heavy (non-hydrogen) atoms. The first-order valence-corrected chi connectivity index (χ1v) is 11.9. The van der Waals surface area contributed by atoms with E-state index in [1.54, 1.807) is 6.92 Å². The molecule has 0 aliphatic rings. The number of benzene rings is 2. The van der Waals surface area contributed by atoms with Crippen LogP contribution in [0.5, 0.6) is 0 Å². The van der Waals surface area contributed by atoms with E-state index in [0.717, 1.165) is 48.5 Å². The van der Waals surface area contributed by atoms with Gasteiger partial charge in [0.05, 0.1) is 19.6 Å². The van der Waals surface area contributed by atoms with E-state index in [2.05, 4.69) is 9.44 Å². The first-order valence-electron chi connectivity index (χ1n) is 8.97. The summed E-state index contributed by atoms with van der Waals surface area (Å²) in [6.07, 6.45) is 0.500. The molecule has 0 saturated carbocycles. The molecule has 0 saturated heterocycles. The molecule has 0 fully saturated rings. The van der Waals surface area contributed by atoms with Gasteiger partial charge in [-0.3, -0.25) is 20.2 Å². The van der Waals surface area contributed by atoms with E-state index >= 15 is 0 Å². The minimum atomic E-state index is -3.96. The number of rotatable bonds is 11. The molecule has 0 aromatic heterocycles. The second-order valence-corrected chi connectivity index (χ2v) is 9.90. The number of nitrogens with zero attached hydrogens (tertiary/aromatic N) is 2. The average Bonchev–Trinajstić information content (AvgIpc) is 2.72. The third-order valence-electron chi connectivity index (χ3n) is 4.32. The van der Waals surface area contributed by atoms with Gasteiger partial charge in [0.2, 0.25) is 20.0 Å². The van der Waals surface area contributed by atoms with Crippen molar-refractivity contribution in [2.45, 2.75) is 35.6 Å².